The quantitative estimate of drug-likeness (QED) is 0.769. The number of nitrogens with zero attached hydrogens (tertiary/aromatic N) is 2. The van der Waals surface area contributed by atoms with Crippen molar-refractivity contribution in [1.82, 2.24) is 4.90 Å². The molecule has 0 unspecified atom stereocenters. The minimum Gasteiger partial charge on any atom is -0.507 e. The Bertz CT molecular complexity index is 1020. The van der Waals surface area contributed by atoms with Gasteiger partial charge in [0.1, 0.15) is 28.2 Å². The molecular formula is C21H22N2O4. The smallest absolute Gasteiger partial charge is 0.197 e. The fraction of sp³-hybridized carbons (Fsp3) is 0.286. The zero-order valence-electron chi connectivity index (χ0n) is 15.4. The number of benzene rings is 2. The average molecular weight is 366 g/mol. The maximum Gasteiger partial charge on any atom is 0.197 e. The molecule has 1 aliphatic rings. The molecule has 6 heteroatoms. The van der Waals surface area contributed by atoms with Crippen molar-refractivity contribution in [2.75, 3.05) is 45.2 Å². The number of piperazine rings is 1. The van der Waals surface area contributed by atoms with Crippen molar-refractivity contribution in [2.45, 2.75) is 0 Å². The lowest BCUT2D eigenvalue weighted by atomic mass is 10.1. The van der Waals surface area contributed by atoms with Gasteiger partial charge >= 0.3 is 0 Å². The van der Waals surface area contributed by atoms with Crippen LogP contribution >= 0.6 is 0 Å². The number of phenols is 1. The molecule has 0 aliphatic carbocycles. The van der Waals surface area contributed by atoms with Gasteiger partial charge in [0.05, 0.1) is 7.11 Å². The highest BCUT2D eigenvalue weighted by molar-refractivity contribution is 5.86. The van der Waals surface area contributed by atoms with E-state index in [0.29, 0.717) is 17.1 Å². The van der Waals surface area contributed by atoms with Gasteiger partial charge in [-0.3, -0.25) is 4.79 Å². The summed E-state index contributed by atoms with van der Waals surface area (Å²) in [5.74, 6) is 0.755. The monoisotopic (exact) mass is 366 g/mol. The maximum atomic E-state index is 12.5. The summed E-state index contributed by atoms with van der Waals surface area (Å²) in [7, 11) is 3.63. The predicted octanol–water partition coefficient (Wildman–Crippen LogP) is 2.93. The van der Waals surface area contributed by atoms with Crippen LogP contribution in [0.3, 0.4) is 0 Å². The highest BCUT2D eigenvalue weighted by Crippen LogP contribution is 2.31. The van der Waals surface area contributed by atoms with Crippen LogP contribution in [0.5, 0.6) is 11.5 Å². The minimum atomic E-state index is -0.283. The molecule has 4 rings (SSSR count). The summed E-state index contributed by atoms with van der Waals surface area (Å²) in [6.45, 7) is 4.10. The van der Waals surface area contributed by atoms with Crippen molar-refractivity contribution in [1.29, 1.82) is 0 Å². The van der Waals surface area contributed by atoms with Gasteiger partial charge in [-0.25, -0.2) is 0 Å². The van der Waals surface area contributed by atoms with Gasteiger partial charge < -0.3 is 24.1 Å². The number of rotatable bonds is 3. The lowest BCUT2D eigenvalue weighted by Gasteiger charge is -2.34. The zero-order valence-corrected chi connectivity index (χ0v) is 15.4. The van der Waals surface area contributed by atoms with Gasteiger partial charge in [0.2, 0.25) is 0 Å². The van der Waals surface area contributed by atoms with Crippen LogP contribution < -0.4 is 15.1 Å². The lowest BCUT2D eigenvalue weighted by Crippen LogP contribution is -2.44. The molecule has 6 nitrogen and oxygen atoms in total. The predicted molar refractivity (Wildman–Crippen MR) is 106 cm³/mol. The minimum absolute atomic E-state index is 0.143. The number of likely N-dealkylation sites (N-methyl/N-ethyl adjacent to an activating group) is 1. The number of ether oxygens (including phenoxy) is 1. The fourth-order valence-corrected chi connectivity index (χ4v) is 3.40. The van der Waals surface area contributed by atoms with E-state index in [1.807, 2.05) is 24.3 Å². The van der Waals surface area contributed by atoms with Crippen molar-refractivity contribution in [3.05, 3.63) is 52.7 Å². The Hall–Kier alpha value is -2.99. The first-order valence-corrected chi connectivity index (χ1v) is 8.94. The molecule has 0 amide bonds. The molecule has 1 saturated heterocycles. The van der Waals surface area contributed by atoms with Crippen molar-refractivity contribution >= 4 is 16.7 Å². The normalized spacial score (nSPS) is 15.3. The topological polar surface area (TPSA) is 66.2 Å². The SMILES string of the molecule is COc1cc(O)c2c(=O)cc(-c3ccc(N4CCN(C)CC4)cc3)oc2c1. The van der Waals surface area contributed by atoms with Crippen LogP contribution in [0, 0.1) is 0 Å². The van der Waals surface area contributed by atoms with Crippen LogP contribution in [-0.4, -0.2) is 50.3 Å². The average Bonchev–Trinajstić information content (AvgIpc) is 2.68. The van der Waals surface area contributed by atoms with E-state index in [4.69, 9.17) is 9.15 Å². The summed E-state index contributed by atoms with van der Waals surface area (Å²) in [6, 6.07) is 12.4. The first-order valence-electron chi connectivity index (χ1n) is 8.94. The third-order valence-corrected chi connectivity index (χ3v) is 5.04. The number of phenolic OH excluding ortho intramolecular Hbond substituents is 1. The highest BCUT2D eigenvalue weighted by atomic mass is 16.5. The van der Waals surface area contributed by atoms with Crippen LogP contribution in [0.4, 0.5) is 5.69 Å². The van der Waals surface area contributed by atoms with E-state index < -0.39 is 0 Å². The van der Waals surface area contributed by atoms with Crippen LogP contribution in [0.15, 0.2) is 51.7 Å². The molecule has 2 heterocycles. The summed E-state index contributed by atoms with van der Waals surface area (Å²) >= 11 is 0. The molecule has 1 aromatic heterocycles. The zero-order chi connectivity index (χ0) is 19.0. The molecule has 1 aliphatic heterocycles. The van der Waals surface area contributed by atoms with E-state index in [9.17, 15) is 9.90 Å². The number of aromatic hydroxyl groups is 1. The number of hydrogen-bond acceptors (Lipinski definition) is 6. The standard InChI is InChI=1S/C21H22N2O4/c1-22-7-9-23(10-8-22)15-5-3-14(4-6-15)19-13-18(25)21-17(24)11-16(26-2)12-20(21)27-19/h3-6,11-13,24H,7-10H2,1-2H3. The van der Waals surface area contributed by atoms with Crippen molar-refractivity contribution in [3.63, 3.8) is 0 Å². The van der Waals surface area contributed by atoms with Crippen molar-refractivity contribution in [2.24, 2.45) is 0 Å². The van der Waals surface area contributed by atoms with E-state index >= 15 is 0 Å². The van der Waals surface area contributed by atoms with E-state index in [0.717, 1.165) is 37.4 Å². The van der Waals surface area contributed by atoms with Gasteiger partial charge in [0.15, 0.2) is 5.43 Å². The number of fused-ring (bicyclic) bond motifs is 1. The summed E-state index contributed by atoms with van der Waals surface area (Å²) in [4.78, 5) is 17.1. The van der Waals surface area contributed by atoms with E-state index in [-0.39, 0.29) is 16.6 Å². The molecule has 0 spiro atoms. The summed E-state index contributed by atoms with van der Waals surface area (Å²) in [5, 5.41) is 10.2. The summed E-state index contributed by atoms with van der Waals surface area (Å²) in [6.07, 6.45) is 0. The van der Waals surface area contributed by atoms with Gasteiger partial charge in [-0.15, -0.1) is 0 Å². The molecule has 0 saturated carbocycles. The van der Waals surface area contributed by atoms with Crippen LogP contribution in [0.25, 0.3) is 22.3 Å². The maximum absolute atomic E-state index is 12.5. The van der Waals surface area contributed by atoms with Crippen LogP contribution in [-0.2, 0) is 0 Å². The van der Waals surface area contributed by atoms with Gasteiger partial charge in [-0.1, -0.05) is 0 Å². The Morgan fingerprint density at radius 1 is 1.04 bits per heavy atom. The largest absolute Gasteiger partial charge is 0.507 e. The lowest BCUT2D eigenvalue weighted by molar-refractivity contribution is 0.313. The Kier molecular flexibility index (Phi) is 4.49. The van der Waals surface area contributed by atoms with Crippen molar-refractivity contribution < 1.29 is 14.3 Å². The van der Waals surface area contributed by atoms with Gasteiger partial charge in [0, 0.05) is 55.6 Å². The highest BCUT2D eigenvalue weighted by Gasteiger charge is 2.15. The van der Waals surface area contributed by atoms with Gasteiger partial charge in [-0.05, 0) is 31.3 Å². The van der Waals surface area contributed by atoms with Crippen molar-refractivity contribution in [3.8, 4) is 22.8 Å². The first-order chi connectivity index (χ1) is 13.0. The molecular weight excluding hydrogens is 344 g/mol. The van der Waals surface area contributed by atoms with E-state index in [1.54, 1.807) is 6.07 Å². The third kappa shape index (κ3) is 3.36. The Labute approximate surface area is 157 Å². The Morgan fingerprint density at radius 2 is 1.74 bits per heavy atom. The molecule has 140 valence electrons. The number of methoxy groups -OCH3 is 1. The summed E-state index contributed by atoms with van der Waals surface area (Å²) in [5.41, 5.74) is 2.00. The first kappa shape index (κ1) is 17.4. The van der Waals surface area contributed by atoms with E-state index in [1.165, 1.54) is 19.2 Å². The molecule has 0 atom stereocenters. The number of hydrogen-bond donors (Lipinski definition) is 1. The van der Waals surface area contributed by atoms with Gasteiger partial charge in [0.25, 0.3) is 0 Å². The molecule has 2 aromatic carbocycles. The molecule has 1 fully saturated rings. The molecule has 27 heavy (non-hydrogen) atoms. The third-order valence-electron chi connectivity index (χ3n) is 5.04. The van der Waals surface area contributed by atoms with E-state index in [2.05, 4.69) is 16.8 Å². The fourth-order valence-electron chi connectivity index (χ4n) is 3.40. The second kappa shape index (κ2) is 6.96. The number of anilines is 1. The second-order valence-corrected chi connectivity index (χ2v) is 6.83. The Balaban J connectivity index is 1.69. The second-order valence-electron chi connectivity index (χ2n) is 6.83. The molecule has 0 radical (unpaired) electrons. The Morgan fingerprint density at radius 3 is 2.41 bits per heavy atom. The summed E-state index contributed by atoms with van der Waals surface area (Å²) < 4.78 is 11.0. The molecule has 0 bridgehead atoms. The molecule has 3 aromatic rings. The molecule has 1 N–H and O–H groups in total. The van der Waals surface area contributed by atoms with Gasteiger partial charge in [-0.2, -0.15) is 0 Å². The van der Waals surface area contributed by atoms with Crippen LogP contribution in [0.1, 0.15) is 0 Å². The van der Waals surface area contributed by atoms with Crippen LogP contribution in [0.2, 0.25) is 0 Å².